The molecule has 1 aliphatic rings. The molecule has 4 nitrogen and oxygen atoms in total. The number of piperazine rings is 1. The van der Waals surface area contributed by atoms with Crippen LogP contribution < -0.4 is 5.73 Å². The van der Waals surface area contributed by atoms with E-state index in [0.29, 0.717) is 6.54 Å². The van der Waals surface area contributed by atoms with Crippen molar-refractivity contribution in [2.24, 2.45) is 11.7 Å². The maximum absolute atomic E-state index is 12.4. The van der Waals surface area contributed by atoms with Crippen LogP contribution in [0.4, 0.5) is 0 Å². The van der Waals surface area contributed by atoms with Crippen LogP contribution in [0.2, 0.25) is 0 Å². The maximum atomic E-state index is 12.4. The van der Waals surface area contributed by atoms with Gasteiger partial charge in [0.05, 0.1) is 5.92 Å². The summed E-state index contributed by atoms with van der Waals surface area (Å²) in [6, 6.07) is 2.17. The fourth-order valence-corrected chi connectivity index (χ4v) is 3.38. The first-order valence-electron chi connectivity index (χ1n) is 7.47. The van der Waals surface area contributed by atoms with E-state index in [1.807, 2.05) is 4.90 Å². The molecule has 1 atom stereocenters. The maximum Gasteiger partial charge on any atom is 0.227 e. The Balaban J connectivity index is 1.79. The van der Waals surface area contributed by atoms with E-state index in [4.69, 9.17) is 5.73 Å². The van der Waals surface area contributed by atoms with Crippen molar-refractivity contribution in [3.8, 4) is 0 Å². The van der Waals surface area contributed by atoms with Crippen LogP contribution in [-0.2, 0) is 11.3 Å². The molecule has 1 amide bonds. The lowest BCUT2D eigenvalue weighted by atomic mass is 10.0. The number of nitrogens with two attached hydrogens (primary N) is 1. The van der Waals surface area contributed by atoms with Gasteiger partial charge in [-0.1, -0.05) is 13.3 Å². The van der Waals surface area contributed by atoms with E-state index >= 15 is 0 Å². The number of hydrogen-bond donors (Lipinski definition) is 1. The monoisotopic (exact) mass is 295 g/mol. The summed E-state index contributed by atoms with van der Waals surface area (Å²) >= 11 is 1.74. The molecule has 1 fully saturated rings. The predicted octanol–water partition coefficient (Wildman–Crippen LogP) is 1.77. The summed E-state index contributed by atoms with van der Waals surface area (Å²) in [5.41, 5.74) is 7.10. The van der Waals surface area contributed by atoms with Gasteiger partial charge in [0.15, 0.2) is 0 Å². The number of nitrogens with zero attached hydrogens (tertiary/aromatic N) is 2. The average molecular weight is 295 g/mol. The minimum atomic E-state index is 0.0171. The third kappa shape index (κ3) is 4.04. The largest absolute Gasteiger partial charge is 0.340 e. The first-order chi connectivity index (χ1) is 9.74. The lowest BCUT2D eigenvalue weighted by Gasteiger charge is -2.36. The van der Waals surface area contributed by atoms with Gasteiger partial charge >= 0.3 is 0 Å². The predicted molar refractivity (Wildman–Crippen MR) is 83.6 cm³/mol. The van der Waals surface area contributed by atoms with Gasteiger partial charge in [0.1, 0.15) is 0 Å². The van der Waals surface area contributed by atoms with Gasteiger partial charge in [0, 0.05) is 39.3 Å². The van der Waals surface area contributed by atoms with Crippen LogP contribution in [-0.4, -0.2) is 48.4 Å². The molecule has 1 aliphatic heterocycles. The number of rotatable bonds is 6. The minimum Gasteiger partial charge on any atom is -0.340 e. The number of carbonyl (C=O) groups excluding carboxylic acids is 1. The number of amides is 1. The molecule has 0 aromatic carbocycles. The van der Waals surface area contributed by atoms with E-state index in [0.717, 1.165) is 45.6 Å². The van der Waals surface area contributed by atoms with Crippen molar-refractivity contribution in [3.05, 3.63) is 22.4 Å². The lowest BCUT2D eigenvalue weighted by Crippen LogP contribution is -2.50. The molecule has 0 spiro atoms. The molecule has 2 rings (SSSR count). The summed E-state index contributed by atoms with van der Waals surface area (Å²) in [6.07, 6.45) is 1.93. The van der Waals surface area contributed by atoms with Crippen LogP contribution in [0.5, 0.6) is 0 Å². The van der Waals surface area contributed by atoms with Gasteiger partial charge in [-0.15, -0.1) is 0 Å². The van der Waals surface area contributed by atoms with E-state index < -0.39 is 0 Å². The van der Waals surface area contributed by atoms with Crippen LogP contribution in [0.3, 0.4) is 0 Å². The molecule has 1 saturated heterocycles. The Bertz CT molecular complexity index is 399. The van der Waals surface area contributed by atoms with Crippen LogP contribution >= 0.6 is 11.3 Å². The highest BCUT2D eigenvalue weighted by Gasteiger charge is 2.26. The SMILES string of the molecule is CCCC(CN)C(=O)N1CCN(Cc2ccsc2)CC1. The molecule has 112 valence electrons. The van der Waals surface area contributed by atoms with E-state index in [1.54, 1.807) is 11.3 Å². The highest BCUT2D eigenvalue weighted by atomic mass is 32.1. The topological polar surface area (TPSA) is 49.6 Å². The van der Waals surface area contributed by atoms with E-state index in [9.17, 15) is 4.79 Å². The second-order valence-corrected chi connectivity index (χ2v) is 6.23. The van der Waals surface area contributed by atoms with Crippen molar-refractivity contribution in [2.75, 3.05) is 32.7 Å². The van der Waals surface area contributed by atoms with Crippen LogP contribution in [0, 0.1) is 5.92 Å². The van der Waals surface area contributed by atoms with Crippen LogP contribution in [0.25, 0.3) is 0 Å². The number of carbonyl (C=O) groups is 1. The molecule has 1 aromatic rings. The standard InChI is InChI=1S/C15H25N3OS/c1-2-3-14(10-16)15(19)18-7-5-17(6-8-18)11-13-4-9-20-12-13/h4,9,12,14H,2-3,5-8,10-11,16H2,1H3. The van der Waals surface area contributed by atoms with Crippen molar-refractivity contribution in [2.45, 2.75) is 26.3 Å². The van der Waals surface area contributed by atoms with E-state index in [1.165, 1.54) is 5.56 Å². The second-order valence-electron chi connectivity index (χ2n) is 5.45. The van der Waals surface area contributed by atoms with Crippen LogP contribution in [0.15, 0.2) is 16.8 Å². The third-order valence-corrected chi connectivity index (χ3v) is 4.67. The summed E-state index contributed by atoms with van der Waals surface area (Å²) < 4.78 is 0. The average Bonchev–Trinajstić information content (AvgIpc) is 2.98. The van der Waals surface area contributed by atoms with Crippen molar-refractivity contribution >= 4 is 17.2 Å². The molecular formula is C15H25N3OS. The fraction of sp³-hybridized carbons (Fsp3) is 0.667. The second kappa shape index (κ2) is 7.76. The van der Waals surface area contributed by atoms with Crippen molar-refractivity contribution in [3.63, 3.8) is 0 Å². The van der Waals surface area contributed by atoms with Gasteiger partial charge in [0.25, 0.3) is 0 Å². The Morgan fingerprint density at radius 1 is 1.40 bits per heavy atom. The van der Waals surface area contributed by atoms with Gasteiger partial charge in [0.2, 0.25) is 5.91 Å². The number of hydrogen-bond acceptors (Lipinski definition) is 4. The van der Waals surface area contributed by atoms with E-state index in [2.05, 4.69) is 28.7 Å². The summed E-state index contributed by atoms with van der Waals surface area (Å²) in [6.45, 7) is 7.18. The zero-order valence-electron chi connectivity index (χ0n) is 12.3. The summed E-state index contributed by atoms with van der Waals surface area (Å²) in [4.78, 5) is 16.8. The van der Waals surface area contributed by atoms with Crippen molar-refractivity contribution in [1.29, 1.82) is 0 Å². The first-order valence-corrected chi connectivity index (χ1v) is 8.41. The molecule has 2 heterocycles. The van der Waals surface area contributed by atoms with Gasteiger partial charge in [-0.05, 0) is 28.8 Å². The molecule has 5 heteroatoms. The highest BCUT2D eigenvalue weighted by molar-refractivity contribution is 7.07. The Kier molecular flexibility index (Phi) is 6.01. The third-order valence-electron chi connectivity index (χ3n) is 3.94. The molecule has 20 heavy (non-hydrogen) atoms. The molecular weight excluding hydrogens is 270 g/mol. The molecule has 1 unspecified atom stereocenters. The zero-order valence-corrected chi connectivity index (χ0v) is 13.1. The van der Waals surface area contributed by atoms with Crippen molar-refractivity contribution < 1.29 is 4.79 Å². The molecule has 1 aromatic heterocycles. The van der Waals surface area contributed by atoms with Gasteiger partial charge in [-0.3, -0.25) is 9.69 Å². The Labute approximate surface area is 125 Å². The Morgan fingerprint density at radius 2 is 2.15 bits per heavy atom. The highest BCUT2D eigenvalue weighted by Crippen LogP contribution is 2.14. The molecule has 0 saturated carbocycles. The Morgan fingerprint density at radius 3 is 2.70 bits per heavy atom. The van der Waals surface area contributed by atoms with Crippen LogP contribution in [0.1, 0.15) is 25.3 Å². The molecule has 2 N–H and O–H groups in total. The van der Waals surface area contributed by atoms with Gasteiger partial charge in [-0.2, -0.15) is 11.3 Å². The normalized spacial score (nSPS) is 18.2. The molecule has 0 bridgehead atoms. The summed E-state index contributed by atoms with van der Waals surface area (Å²) in [5, 5.41) is 4.31. The quantitative estimate of drug-likeness (QED) is 0.870. The first kappa shape index (κ1) is 15.5. The van der Waals surface area contributed by atoms with Crippen molar-refractivity contribution in [1.82, 2.24) is 9.80 Å². The Hall–Kier alpha value is -0.910. The smallest absolute Gasteiger partial charge is 0.227 e. The van der Waals surface area contributed by atoms with Gasteiger partial charge < -0.3 is 10.6 Å². The summed E-state index contributed by atoms with van der Waals surface area (Å²) in [5.74, 6) is 0.271. The lowest BCUT2D eigenvalue weighted by molar-refractivity contribution is -0.137. The zero-order chi connectivity index (χ0) is 14.4. The fourth-order valence-electron chi connectivity index (χ4n) is 2.72. The summed E-state index contributed by atoms with van der Waals surface area (Å²) in [7, 11) is 0. The number of thiophene rings is 1. The molecule has 0 aliphatic carbocycles. The van der Waals surface area contributed by atoms with Gasteiger partial charge in [-0.25, -0.2) is 0 Å². The van der Waals surface area contributed by atoms with E-state index in [-0.39, 0.29) is 11.8 Å². The molecule has 0 radical (unpaired) electrons. The minimum absolute atomic E-state index is 0.0171.